The zero-order valence-electron chi connectivity index (χ0n) is 11.1. The van der Waals surface area contributed by atoms with E-state index in [0.717, 1.165) is 32.5 Å². The summed E-state index contributed by atoms with van der Waals surface area (Å²) in [6, 6.07) is 3.90. The van der Waals surface area contributed by atoms with E-state index in [2.05, 4.69) is 36.7 Å². The maximum Gasteiger partial charge on any atom is 0.149 e. The highest BCUT2D eigenvalue weighted by atomic mass is 79.9. The largest absolute Gasteiger partial charge is 0.497 e. The van der Waals surface area contributed by atoms with Gasteiger partial charge in [-0.05, 0) is 33.5 Å². The highest BCUT2D eigenvalue weighted by Gasteiger charge is 2.25. The average molecular weight is 312 g/mol. The number of halogens is 1. The normalized spacial score (nSPS) is 12.1. The summed E-state index contributed by atoms with van der Waals surface area (Å²) < 4.78 is 12.1. The summed E-state index contributed by atoms with van der Waals surface area (Å²) >= 11 is 3.52. The molecule has 0 aliphatic rings. The molecule has 0 radical (unpaired) electrons. The van der Waals surface area contributed by atoms with Crippen LogP contribution in [0.4, 0.5) is 0 Å². The molecule has 1 heterocycles. The van der Waals surface area contributed by atoms with Crippen molar-refractivity contribution in [3.63, 3.8) is 0 Å². The minimum absolute atomic E-state index is 0.0221. The van der Waals surface area contributed by atoms with E-state index in [1.54, 1.807) is 7.11 Å². The Morgan fingerprint density at radius 2 is 2.00 bits per heavy atom. The Morgan fingerprint density at radius 1 is 1.33 bits per heavy atom. The minimum Gasteiger partial charge on any atom is -0.497 e. The first kappa shape index (κ1) is 13.4. The van der Waals surface area contributed by atoms with Crippen molar-refractivity contribution in [1.82, 2.24) is 0 Å². The molecule has 0 aliphatic carbocycles. The zero-order valence-corrected chi connectivity index (χ0v) is 12.7. The molecule has 0 aliphatic heterocycles. The topological polar surface area (TPSA) is 48.4 Å². The van der Waals surface area contributed by atoms with Crippen LogP contribution in [0.2, 0.25) is 0 Å². The molecule has 2 aromatic rings. The van der Waals surface area contributed by atoms with E-state index in [-0.39, 0.29) is 5.41 Å². The lowest BCUT2D eigenvalue weighted by atomic mass is 9.85. The van der Waals surface area contributed by atoms with Crippen LogP contribution in [0.15, 0.2) is 21.0 Å². The van der Waals surface area contributed by atoms with Gasteiger partial charge in [-0.15, -0.1) is 0 Å². The second-order valence-electron chi connectivity index (χ2n) is 5.34. The van der Waals surface area contributed by atoms with Gasteiger partial charge in [0.05, 0.1) is 18.1 Å². The zero-order chi connectivity index (χ0) is 13.5. The van der Waals surface area contributed by atoms with Crippen LogP contribution in [0.1, 0.15) is 32.1 Å². The summed E-state index contributed by atoms with van der Waals surface area (Å²) in [5.74, 6) is 1.65. The van der Waals surface area contributed by atoms with Crippen molar-refractivity contribution in [3.05, 3.63) is 27.9 Å². The van der Waals surface area contributed by atoms with Crippen molar-refractivity contribution in [2.75, 3.05) is 7.11 Å². The first-order chi connectivity index (χ1) is 8.38. The summed E-state index contributed by atoms with van der Waals surface area (Å²) in [5.41, 5.74) is 7.76. The second kappa shape index (κ2) is 4.59. The molecule has 0 saturated heterocycles. The van der Waals surface area contributed by atoms with Crippen LogP contribution in [-0.4, -0.2) is 7.11 Å². The average Bonchev–Trinajstić information content (AvgIpc) is 2.67. The molecule has 0 atom stereocenters. The van der Waals surface area contributed by atoms with Gasteiger partial charge < -0.3 is 14.9 Å². The smallest absolute Gasteiger partial charge is 0.149 e. The number of rotatable bonds is 2. The molecule has 18 heavy (non-hydrogen) atoms. The van der Waals surface area contributed by atoms with Gasteiger partial charge in [-0.2, -0.15) is 0 Å². The number of ether oxygens (including phenoxy) is 1. The SMILES string of the molecule is COc1cc(Br)c2oc(CN)c(C(C)(C)C)c2c1. The lowest BCUT2D eigenvalue weighted by Gasteiger charge is -2.19. The number of benzene rings is 1. The van der Waals surface area contributed by atoms with Crippen molar-refractivity contribution in [2.45, 2.75) is 32.7 Å². The molecule has 98 valence electrons. The van der Waals surface area contributed by atoms with Crippen LogP contribution in [0.3, 0.4) is 0 Å². The van der Waals surface area contributed by atoms with E-state index >= 15 is 0 Å². The quantitative estimate of drug-likeness (QED) is 0.913. The van der Waals surface area contributed by atoms with Gasteiger partial charge in [-0.25, -0.2) is 0 Å². The molecule has 0 amide bonds. The van der Waals surface area contributed by atoms with Gasteiger partial charge in [0, 0.05) is 10.9 Å². The molecule has 0 saturated carbocycles. The molecule has 0 spiro atoms. The highest BCUT2D eigenvalue weighted by molar-refractivity contribution is 9.10. The monoisotopic (exact) mass is 311 g/mol. The predicted molar refractivity (Wildman–Crippen MR) is 77.1 cm³/mol. The third-order valence-electron chi connectivity index (χ3n) is 2.96. The van der Waals surface area contributed by atoms with Gasteiger partial charge in [-0.3, -0.25) is 0 Å². The lowest BCUT2D eigenvalue weighted by Crippen LogP contribution is -2.14. The fourth-order valence-corrected chi connectivity index (χ4v) is 2.79. The fourth-order valence-electron chi connectivity index (χ4n) is 2.27. The molecule has 4 heteroatoms. The number of fused-ring (bicyclic) bond motifs is 1. The molecular weight excluding hydrogens is 294 g/mol. The predicted octanol–water partition coefficient (Wildman–Crippen LogP) is 3.96. The molecule has 2 N–H and O–H groups in total. The standard InChI is InChI=1S/C14H18BrNO2/c1-14(2,3)12-9-5-8(17-4)6-10(15)13(9)18-11(12)7-16/h5-6H,7,16H2,1-4H3. The molecule has 1 aromatic heterocycles. The van der Waals surface area contributed by atoms with Crippen molar-refractivity contribution in [1.29, 1.82) is 0 Å². The Morgan fingerprint density at radius 3 is 2.50 bits per heavy atom. The maximum atomic E-state index is 5.88. The van der Waals surface area contributed by atoms with E-state index in [1.807, 2.05) is 12.1 Å². The van der Waals surface area contributed by atoms with Crippen LogP contribution < -0.4 is 10.5 Å². The van der Waals surface area contributed by atoms with Gasteiger partial charge in [0.25, 0.3) is 0 Å². The van der Waals surface area contributed by atoms with Gasteiger partial charge in [-0.1, -0.05) is 20.8 Å². The van der Waals surface area contributed by atoms with E-state index in [0.29, 0.717) is 6.54 Å². The number of furan rings is 1. The van der Waals surface area contributed by atoms with Gasteiger partial charge in [0.2, 0.25) is 0 Å². The van der Waals surface area contributed by atoms with Crippen LogP contribution >= 0.6 is 15.9 Å². The third kappa shape index (κ3) is 2.15. The van der Waals surface area contributed by atoms with Crippen LogP contribution in [0.5, 0.6) is 5.75 Å². The number of methoxy groups -OCH3 is 1. The summed E-state index contributed by atoms with van der Waals surface area (Å²) in [6.07, 6.45) is 0. The molecule has 0 bridgehead atoms. The number of hydrogen-bond acceptors (Lipinski definition) is 3. The maximum absolute atomic E-state index is 5.88. The third-order valence-corrected chi connectivity index (χ3v) is 3.55. The summed E-state index contributed by atoms with van der Waals surface area (Å²) in [5, 5.41) is 1.06. The number of hydrogen-bond donors (Lipinski definition) is 1. The Kier molecular flexibility index (Phi) is 3.43. The van der Waals surface area contributed by atoms with Crippen molar-refractivity contribution >= 4 is 26.9 Å². The van der Waals surface area contributed by atoms with Crippen molar-refractivity contribution in [3.8, 4) is 5.75 Å². The Balaban J connectivity index is 2.85. The molecule has 1 aromatic carbocycles. The summed E-state index contributed by atoms with van der Waals surface area (Å²) in [6.45, 7) is 6.87. The summed E-state index contributed by atoms with van der Waals surface area (Å²) in [4.78, 5) is 0. The van der Waals surface area contributed by atoms with E-state index < -0.39 is 0 Å². The van der Waals surface area contributed by atoms with Gasteiger partial charge in [0.1, 0.15) is 17.1 Å². The van der Waals surface area contributed by atoms with Crippen LogP contribution in [0, 0.1) is 0 Å². The van der Waals surface area contributed by atoms with Crippen LogP contribution in [-0.2, 0) is 12.0 Å². The Labute approximate surface area is 115 Å². The van der Waals surface area contributed by atoms with Crippen molar-refractivity contribution in [2.24, 2.45) is 5.73 Å². The summed E-state index contributed by atoms with van der Waals surface area (Å²) in [7, 11) is 1.66. The lowest BCUT2D eigenvalue weighted by molar-refractivity contribution is 0.415. The van der Waals surface area contributed by atoms with Gasteiger partial charge >= 0.3 is 0 Å². The molecule has 0 unspecified atom stereocenters. The Bertz CT molecular complexity index is 581. The first-order valence-electron chi connectivity index (χ1n) is 5.88. The van der Waals surface area contributed by atoms with E-state index in [1.165, 1.54) is 0 Å². The van der Waals surface area contributed by atoms with Crippen LogP contribution in [0.25, 0.3) is 11.0 Å². The molecule has 3 nitrogen and oxygen atoms in total. The first-order valence-corrected chi connectivity index (χ1v) is 6.67. The molecular formula is C14H18BrNO2. The molecule has 2 rings (SSSR count). The fraction of sp³-hybridized carbons (Fsp3) is 0.429. The molecule has 0 fully saturated rings. The van der Waals surface area contributed by atoms with Crippen molar-refractivity contribution < 1.29 is 9.15 Å². The van der Waals surface area contributed by atoms with Gasteiger partial charge in [0.15, 0.2) is 0 Å². The number of nitrogens with two attached hydrogens (primary N) is 1. The minimum atomic E-state index is -0.0221. The highest BCUT2D eigenvalue weighted by Crippen LogP contribution is 2.40. The second-order valence-corrected chi connectivity index (χ2v) is 6.19. The van der Waals surface area contributed by atoms with E-state index in [9.17, 15) is 0 Å². The Hall–Kier alpha value is -1.00. The van der Waals surface area contributed by atoms with E-state index in [4.69, 9.17) is 14.9 Å².